The summed E-state index contributed by atoms with van der Waals surface area (Å²) in [7, 11) is 0. The second-order valence-corrected chi connectivity index (χ2v) is 5.58. The highest BCUT2D eigenvalue weighted by Gasteiger charge is 2.14. The fraction of sp³-hybridized carbons (Fsp3) is 0.176. The summed E-state index contributed by atoms with van der Waals surface area (Å²) in [6, 6.07) is 8.84. The predicted octanol–water partition coefficient (Wildman–Crippen LogP) is 2.80. The van der Waals surface area contributed by atoms with Crippen molar-refractivity contribution >= 4 is 39.6 Å². The zero-order valence-corrected chi connectivity index (χ0v) is 13.4. The molecule has 2 aromatic carbocycles. The van der Waals surface area contributed by atoms with Crippen LogP contribution in [0.3, 0.4) is 0 Å². The van der Waals surface area contributed by atoms with Gasteiger partial charge in [0.1, 0.15) is 0 Å². The predicted molar refractivity (Wildman–Crippen MR) is 98.1 cm³/mol. The molecule has 7 heteroatoms. The molecular weight excluding hydrogens is 304 g/mol. The lowest BCUT2D eigenvalue weighted by molar-refractivity contribution is 0.102. The van der Waals surface area contributed by atoms with Crippen LogP contribution in [0.4, 0.5) is 22.7 Å². The number of anilines is 4. The summed E-state index contributed by atoms with van der Waals surface area (Å²) in [5, 5.41) is 13.9. The number of carbonyl (C=O) groups is 1. The van der Waals surface area contributed by atoms with Crippen LogP contribution in [0.25, 0.3) is 10.9 Å². The van der Waals surface area contributed by atoms with Crippen LogP contribution in [0, 0.1) is 0 Å². The molecule has 24 heavy (non-hydrogen) atoms. The molecule has 0 aliphatic heterocycles. The lowest BCUT2D eigenvalue weighted by atomic mass is 10.1. The number of hydrogen-bond acceptors (Lipinski definition) is 5. The molecule has 7 nitrogen and oxygen atoms in total. The van der Waals surface area contributed by atoms with Gasteiger partial charge in [-0.1, -0.05) is 6.92 Å². The summed E-state index contributed by atoms with van der Waals surface area (Å²) >= 11 is 0. The number of nitrogen functional groups attached to an aromatic ring is 2. The Hall–Kier alpha value is -3.22. The summed E-state index contributed by atoms with van der Waals surface area (Å²) in [5.74, 6) is -0.251. The normalized spacial score (nSPS) is 10.7. The van der Waals surface area contributed by atoms with Gasteiger partial charge in [0.05, 0.1) is 28.7 Å². The van der Waals surface area contributed by atoms with Crippen LogP contribution < -0.4 is 22.1 Å². The SMILES string of the molecule is CCCNc1cc(N)c(N)cc1C(=O)Nc1ccc2cn[nH]c2c1. The minimum atomic E-state index is -0.251. The molecule has 3 aromatic rings. The van der Waals surface area contributed by atoms with Crippen molar-refractivity contribution in [2.24, 2.45) is 0 Å². The van der Waals surface area contributed by atoms with Crippen LogP contribution in [0.15, 0.2) is 36.5 Å². The topological polar surface area (TPSA) is 122 Å². The van der Waals surface area contributed by atoms with Gasteiger partial charge in [0.15, 0.2) is 0 Å². The number of amides is 1. The van der Waals surface area contributed by atoms with Crippen LogP contribution in [-0.2, 0) is 0 Å². The Balaban J connectivity index is 1.89. The molecule has 0 bridgehead atoms. The molecular formula is C17H20N6O. The number of aromatic amines is 1. The van der Waals surface area contributed by atoms with Crippen LogP contribution in [-0.4, -0.2) is 22.6 Å². The fourth-order valence-electron chi connectivity index (χ4n) is 2.44. The molecule has 0 atom stereocenters. The molecule has 0 radical (unpaired) electrons. The van der Waals surface area contributed by atoms with Crippen molar-refractivity contribution in [2.75, 3.05) is 28.6 Å². The van der Waals surface area contributed by atoms with E-state index in [-0.39, 0.29) is 5.91 Å². The van der Waals surface area contributed by atoms with Gasteiger partial charge in [-0.25, -0.2) is 0 Å². The number of fused-ring (bicyclic) bond motifs is 1. The quantitative estimate of drug-likeness (QED) is 0.462. The lowest BCUT2D eigenvalue weighted by Gasteiger charge is -2.14. The van der Waals surface area contributed by atoms with Crippen molar-refractivity contribution in [3.8, 4) is 0 Å². The van der Waals surface area contributed by atoms with E-state index >= 15 is 0 Å². The number of nitrogens with one attached hydrogen (secondary N) is 3. The fourth-order valence-corrected chi connectivity index (χ4v) is 2.44. The average Bonchev–Trinajstić information content (AvgIpc) is 3.03. The number of aromatic nitrogens is 2. The molecule has 0 aliphatic rings. The Morgan fingerprint density at radius 2 is 2.00 bits per heavy atom. The molecule has 0 aliphatic carbocycles. The number of hydrogen-bond donors (Lipinski definition) is 5. The summed E-state index contributed by atoms with van der Waals surface area (Å²) < 4.78 is 0. The molecule has 7 N–H and O–H groups in total. The van der Waals surface area contributed by atoms with Gasteiger partial charge in [-0.15, -0.1) is 0 Å². The van der Waals surface area contributed by atoms with Gasteiger partial charge in [0.2, 0.25) is 0 Å². The standard InChI is InChI=1S/C17H20N6O/c1-2-5-20-16-8-14(19)13(18)7-12(16)17(24)22-11-4-3-10-9-21-23-15(10)6-11/h3-4,6-9,20H,2,5,18-19H2,1H3,(H,21,23)(H,22,24). The molecule has 0 saturated carbocycles. The second-order valence-electron chi connectivity index (χ2n) is 5.58. The minimum Gasteiger partial charge on any atom is -0.397 e. The van der Waals surface area contributed by atoms with E-state index in [2.05, 4.69) is 20.8 Å². The summed E-state index contributed by atoms with van der Waals surface area (Å²) in [4.78, 5) is 12.7. The first kappa shape index (κ1) is 15.7. The van der Waals surface area contributed by atoms with Crippen molar-refractivity contribution < 1.29 is 4.79 Å². The lowest BCUT2D eigenvalue weighted by Crippen LogP contribution is -2.16. The highest BCUT2D eigenvalue weighted by Crippen LogP contribution is 2.26. The first-order valence-corrected chi connectivity index (χ1v) is 7.76. The molecule has 1 amide bonds. The molecule has 124 valence electrons. The number of carbonyl (C=O) groups excluding carboxylic acids is 1. The van der Waals surface area contributed by atoms with Gasteiger partial charge in [-0.05, 0) is 36.8 Å². The number of nitrogens with zero attached hydrogens (tertiary/aromatic N) is 1. The Labute approximate surface area is 139 Å². The Morgan fingerprint density at radius 1 is 1.21 bits per heavy atom. The Kier molecular flexibility index (Phi) is 4.24. The van der Waals surface area contributed by atoms with Crippen LogP contribution in [0.5, 0.6) is 0 Å². The maximum absolute atomic E-state index is 12.7. The Morgan fingerprint density at radius 3 is 2.79 bits per heavy atom. The molecule has 3 rings (SSSR count). The molecule has 0 spiro atoms. The molecule has 0 fully saturated rings. The highest BCUT2D eigenvalue weighted by molar-refractivity contribution is 6.09. The van der Waals surface area contributed by atoms with Crippen molar-refractivity contribution in [1.82, 2.24) is 10.2 Å². The largest absolute Gasteiger partial charge is 0.397 e. The van der Waals surface area contributed by atoms with Crippen molar-refractivity contribution in [1.29, 1.82) is 0 Å². The molecule has 0 unspecified atom stereocenters. The van der Waals surface area contributed by atoms with Crippen LogP contribution >= 0.6 is 0 Å². The molecule has 1 aromatic heterocycles. The van der Waals surface area contributed by atoms with Crippen molar-refractivity contribution in [2.45, 2.75) is 13.3 Å². The van der Waals surface area contributed by atoms with E-state index in [1.54, 1.807) is 18.3 Å². The van der Waals surface area contributed by atoms with Crippen molar-refractivity contribution in [3.05, 3.63) is 42.1 Å². The smallest absolute Gasteiger partial charge is 0.257 e. The van der Waals surface area contributed by atoms with Gasteiger partial charge >= 0.3 is 0 Å². The molecule has 0 saturated heterocycles. The Bertz CT molecular complexity index is 886. The van der Waals surface area contributed by atoms with Crippen LogP contribution in [0.1, 0.15) is 23.7 Å². The summed E-state index contributed by atoms with van der Waals surface area (Å²) in [6.45, 7) is 2.79. The van der Waals surface area contributed by atoms with Crippen LogP contribution in [0.2, 0.25) is 0 Å². The van der Waals surface area contributed by atoms with E-state index in [1.165, 1.54) is 0 Å². The summed E-state index contributed by atoms with van der Waals surface area (Å²) in [5.41, 5.74) is 15.2. The maximum atomic E-state index is 12.7. The average molecular weight is 324 g/mol. The maximum Gasteiger partial charge on any atom is 0.257 e. The van der Waals surface area contributed by atoms with E-state index in [1.807, 2.05) is 25.1 Å². The zero-order chi connectivity index (χ0) is 17.1. The summed E-state index contributed by atoms with van der Waals surface area (Å²) in [6.07, 6.45) is 2.66. The number of benzene rings is 2. The third-order valence-corrected chi connectivity index (χ3v) is 3.73. The monoisotopic (exact) mass is 324 g/mol. The van der Waals surface area contributed by atoms with Gasteiger partial charge in [-0.3, -0.25) is 9.89 Å². The third-order valence-electron chi connectivity index (χ3n) is 3.73. The minimum absolute atomic E-state index is 0.251. The first-order chi connectivity index (χ1) is 11.6. The van der Waals surface area contributed by atoms with Gasteiger partial charge in [0, 0.05) is 23.3 Å². The third kappa shape index (κ3) is 3.10. The zero-order valence-electron chi connectivity index (χ0n) is 13.4. The van der Waals surface area contributed by atoms with Gasteiger partial charge in [0.25, 0.3) is 5.91 Å². The van der Waals surface area contributed by atoms with E-state index in [4.69, 9.17) is 11.5 Å². The first-order valence-electron chi connectivity index (χ1n) is 7.76. The van der Waals surface area contributed by atoms with E-state index in [0.29, 0.717) is 28.3 Å². The number of nitrogens with two attached hydrogens (primary N) is 2. The molecule has 1 heterocycles. The van der Waals surface area contributed by atoms with Gasteiger partial charge < -0.3 is 22.1 Å². The van der Waals surface area contributed by atoms with E-state index in [9.17, 15) is 4.79 Å². The van der Waals surface area contributed by atoms with E-state index < -0.39 is 0 Å². The van der Waals surface area contributed by atoms with E-state index in [0.717, 1.165) is 23.9 Å². The number of rotatable bonds is 5. The van der Waals surface area contributed by atoms with Crippen molar-refractivity contribution in [3.63, 3.8) is 0 Å². The highest BCUT2D eigenvalue weighted by atomic mass is 16.1. The number of H-pyrrole nitrogens is 1. The second kappa shape index (κ2) is 6.49. The van der Waals surface area contributed by atoms with Gasteiger partial charge in [-0.2, -0.15) is 5.10 Å².